The minimum absolute atomic E-state index is 0.308. The van der Waals surface area contributed by atoms with E-state index < -0.39 is 0 Å². The Morgan fingerprint density at radius 3 is 2.50 bits per heavy atom. The molecule has 1 N–H and O–H groups in total. The van der Waals surface area contributed by atoms with Crippen molar-refractivity contribution in [1.29, 1.82) is 0 Å². The van der Waals surface area contributed by atoms with Gasteiger partial charge in [0.05, 0.1) is 24.4 Å². The molecule has 3 aromatic rings. The Bertz CT molecular complexity index is 1050. The molecule has 0 aliphatic carbocycles. The average molecular weight is 497 g/mol. The van der Waals surface area contributed by atoms with Gasteiger partial charge in [0, 0.05) is 5.56 Å². The van der Waals surface area contributed by atoms with Gasteiger partial charge in [-0.15, -0.1) is 0 Å². The van der Waals surface area contributed by atoms with Crippen LogP contribution in [0.4, 0.5) is 0 Å². The summed E-state index contributed by atoms with van der Waals surface area (Å²) >= 11 is 3.53. The zero-order valence-electron chi connectivity index (χ0n) is 18.0. The monoisotopic (exact) mass is 496 g/mol. The number of nitrogens with one attached hydrogen (secondary N) is 1. The van der Waals surface area contributed by atoms with E-state index >= 15 is 0 Å². The molecule has 0 atom stereocenters. The quantitative estimate of drug-likeness (QED) is 0.293. The van der Waals surface area contributed by atoms with E-state index in [1.807, 2.05) is 43.3 Å². The maximum Gasteiger partial charge on any atom is 0.271 e. The largest absolute Gasteiger partial charge is 0.494 e. The van der Waals surface area contributed by atoms with Crippen molar-refractivity contribution in [2.24, 2.45) is 5.10 Å². The van der Waals surface area contributed by atoms with Crippen LogP contribution in [0.3, 0.4) is 0 Å². The third-order valence-electron chi connectivity index (χ3n) is 4.45. The van der Waals surface area contributed by atoms with Crippen molar-refractivity contribution in [2.45, 2.75) is 20.0 Å². The number of hydrogen-bond acceptors (Lipinski definition) is 5. The molecule has 0 spiro atoms. The lowest BCUT2D eigenvalue weighted by Crippen LogP contribution is -2.17. The van der Waals surface area contributed by atoms with Gasteiger partial charge in [-0.25, -0.2) is 5.43 Å². The molecule has 1 amide bonds. The molecule has 3 aromatic carbocycles. The third kappa shape index (κ3) is 6.59. The van der Waals surface area contributed by atoms with E-state index in [4.69, 9.17) is 14.2 Å². The first-order valence-corrected chi connectivity index (χ1v) is 11.0. The summed E-state index contributed by atoms with van der Waals surface area (Å²) in [5, 5.41) is 4.06. The molecular formula is C25H25BrN2O4. The fourth-order valence-electron chi connectivity index (χ4n) is 2.84. The molecule has 0 saturated heterocycles. The van der Waals surface area contributed by atoms with Crippen LogP contribution in [0.25, 0.3) is 0 Å². The second kappa shape index (κ2) is 11.9. The van der Waals surface area contributed by atoms with E-state index in [9.17, 15) is 4.79 Å². The van der Waals surface area contributed by atoms with Gasteiger partial charge in [0.15, 0.2) is 11.5 Å². The SMILES string of the molecule is CCCOc1ccc(C(=O)N/N=C/c2cc(Br)c(OCc3ccccc3)c(OC)c2)cc1. The Morgan fingerprint density at radius 2 is 1.81 bits per heavy atom. The van der Waals surface area contributed by atoms with Gasteiger partial charge in [-0.05, 0) is 69.9 Å². The van der Waals surface area contributed by atoms with Crippen molar-refractivity contribution in [3.05, 3.63) is 87.9 Å². The predicted octanol–water partition coefficient (Wildman–Crippen LogP) is 5.59. The van der Waals surface area contributed by atoms with Crippen LogP contribution in [-0.4, -0.2) is 25.8 Å². The summed E-state index contributed by atoms with van der Waals surface area (Å²) in [5.41, 5.74) is 4.82. The number of hydrogen-bond donors (Lipinski definition) is 1. The first-order chi connectivity index (χ1) is 15.6. The molecule has 7 heteroatoms. The number of nitrogens with zero attached hydrogens (tertiary/aromatic N) is 1. The summed E-state index contributed by atoms with van der Waals surface area (Å²) in [6.07, 6.45) is 2.48. The zero-order chi connectivity index (χ0) is 22.8. The lowest BCUT2D eigenvalue weighted by Gasteiger charge is -2.13. The van der Waals surface area contributed by atoms with Crippen LogP contribution in [0, 0.1) is 0 Å². The molecule has 166 valence electrons. The minimum Gasteiger partial charge on any atom is -0.494 e. The third-order valence-corrected chi connectivity index (χ3v) is 5.04. The number of ether oxygens (including phenoxy) is 3. The highest BCUT2D eigenvalue weighted by Gasteiger charge is 2.12. The molecule has 0 unspecified atom stereocenters. The van der Waals surface area contributed by atoms with Gasteiger partial charge in [0.2, 0.25) is 0 Å². The molecule has 0 fully saturated rings. The normalized spacial score (nSPS) is 10.7. The van der Waals surface area contributed by atoms with E-state index in [0.717, 1.165) is 27.8 Å². The number of amides is 1. The van der Waals surface area contributed by atoms with Crippen molar-refractivity contribution in [1.82, 2.24) is 5.43 Å². The summed E-state index contributed by atoms with van der Waals surface area (Å²) < 4.78 is 17.7. The first kappa shape index (κ1) is 23.3. The topological polar surface area (TPSA) is 69.2 Å². The minimum atomic E-state index is -0.308. The summed E-state index contributed by atoms with van der Waals surface area (Å²) in [6.45, 7) is 3.10. The smallest absolute Gasteiger partial charge is 0.271 e. The van der Waals surface area contributed by atoms with Crippen molar-refractivity contribution < 1.29 is 19.0 Å². The van der Waals surface area contributed by atoms with Gasteiger partial charge in [-0.3, -0.25) is 4.79 Å². The maximum absolute atomic E-state index is 12.3. The standard InChI is InChI=1S/C25H25BrN2O4/c1-3-13-31-21-11-9-20(10-12-21)25(29)28-27-16-19-14-22(26)24(23(15-19)30-2)32-17-18-7-5-4-6-8-18/h4-12,14-16H,3,13,17H2,1-2H3,(H,28,29)/b27-16+. The van der Waals surface area contributed by atoms with E-state index in [1.54, 1.807) is 43.7 Å². The highest BCUT2D eigenvalue weighted by atomic mass is 79.9. The average Bonchev–Trinajstić information content (AvgIpc) is 2.82. The molecule has 0 aliphatic heterocycles. The number of carbonyl (C=O) groups is 1. The first-order valence-electron chi connectivity index (χ1n) is 10.2. The highest BCUT2D eigenvalue weighted by Crippen LogP contribution is 2.36. The second-order valence-electron chi connectivity index (χ2n) is 6.88. The fraction of sp³-hybridized carbons (Fsp3) is 0.200. The van der Waals surface area contributed by atoms with Crippen molar-refractivity contribution in [3.63, 3.8) is 0 Å². The number of carbonyl (C=O) groups excluding carboxylic acids is 1. The summed E-state index contributed by atoms with van der Waals surface area (Å²) in [6, 6.07) is 20.5. The van der Waals surface area contributed by atoms with Gasteiger partial charge < -0.3 is 14.2 Å². The molecular weight excluding hydrogens is 472 g/mol. The van der Waals surface area contributed by atoms with Gasteiger partial charge in [-0.1, -0.05) is 37.3 Å². The van der Waals surface area contributed by atoms with Crippen LogP contribution in [0.15, 0.2) is 76.3 Å². The number of benzene rings is 3. The van der Waals surface area contributed by atoms with Crippen molar-refractivity contribution in [2.75, 3.05) is 13.7 Å². The van der Waals surface area contributed by atoms with Crippen LogP contribution in [0.2, 0.25) is 0 Å². The van der Waals surface area contributed by atoms with Crippen LogP contribution in [-0.2, 0) is 6.61 Å². The highest BCUT2D eigenvalue weighted by molar-refractivity contribution is 9.10. The number of halogens is 1. The Labute approximate surface area is 196 Å². The van der Waals surface area contributed by atoms with Crippen molar-refractivity contribution in [3.8, 4) is 17.2 Å². The maximum atomic E-state index is 12.3. The molecule has 0 heterocycles. The molecule has 0 bridgehead atoms. The number of hydrazone groups is 1. The Balaban J connectivity index is 1.62. The van der Waals surface area contributed by atoms with Gasteiger partial charge >= 0.3 is 0 Å². The van der Waals surface area contributed by atoms with Gasteiger partial charge in [-0.2, -0.15) is 5.10 Å². The van der Waals surface area contributed by atoms with E-state index in [2.05, 4.69) is 26.5 Å². The summed E-state index contributed by atoms with van der Waals surface area (Å²) in [5.74, 6) is 1.59. The van der Waals surface area contributed by atoms with Gasteiger partial charge in [0.25, 0.3) is 5.91 Å². The van der Waals surface area contributed by atoms with Crippen molar-refractivity contribution >= 4 is 28.1 Å². The lowest BCUT2D eigenvalue weighted by atomic mass is 10.2. The second-order valence-corrected chi connectivity index (χ2v) is 7.73. The molecule has 0 aromatic heterocycles. The van der Waals surface area contributed by atoms with E-state index in [-0.39, 0.29) is 5.91 Å². The molecule has 3 rings (SSSR count). The molecule has 6 nitrogen and oxygen atoms in total. The number of methoxy groups -OCH3 is 1. The zero-order valence-corrected chi connectivity index (χ0v) is 19.6. The predicted molar refractivity (Wildman–Crippen MR) is 129 cm³/mol. The van der Waals surface area contributed by atoms with Crippen LogP contribution in [0.5, 0.6) is 17.2 Å². The Hall–Kier alpha value is -3.32. The molecule has 32 heavy (non-hydrogen) atoms. The Kier molecular flexibility index (Phi) is 8.69. The molecule has 0 saturated carbocycles. The van der Waals surface area contributed by atoms with Gasteiger partial charge in [0.1, 0.15) is 12.4 Å². The lowest BCUT2D eigenvalue weighted by molar-refractivity contribution is 0.0955. The fourth-order valence-corrected chi connectivity index (χ4v) is 3.41. The molecule has 0 radical (unpaired) electrons. The summed E-state index contributed by atoms with van der Waals surface area (Å²) in [4.78, 5) is 12.3. The van der Waals surface area contributed by atoms with Crippen LogP contribution >= 0.6 is 15.9 Å². The van der Waals surface area contributed by atoms with Crippen LogP contribution in [0.1, 0.15) is 34.8 Å². The van der Waals surface area contributed by atoms with Crippen LogP contribution < -0.4 is 19.6 Å². The van der Waals surface area contributed by atoms with E-state index in [1.165, 1.54) is 0 Å². The molecule has 0 aliphatic rings. The van der Waals surface area contributed by atoms with E-state index in [0.29, 0.717) is 30.3 Å². The Morgan fingerprint density at radius 1 is 1.06 bits per heavy atom. The number of rotatable bonds is 10. The summed E-state index contributed by atoms with van der Waals surface area (Å²) in [7, 11) is 1.58.